The molecule has 1 atom stereocenters. The van der Waals surface area contributed by atoms with Gasteiger partial charge in [-0.25, -0.2) is 0 Å². The van der Waals surface area contributed by atoms with Crippen molar-refractivity contribution in [3.05, 3.63) is 21.9 Å². The third-order valence-electron chi connectivity index (χ3n) is 2.90. The van der Waals surface area contributed by atoms with Gasteiger partial charge in [0.2, 0.25) is 0 Å². The zero-order valence-electron chi connectivity index (χ0n) is 7.65. The first kappa shape index (κ1) is 9.28. The number of fused-ring (bicyclic) bond motifs is 1. The van der Waals surface area contributed by atoms with E-state index in [-0.39, 0.29) is 0 Å². The average molecular weight is 243 g/mol. The van der Waals surface area contributed by atoms with E-state index in [1.807, 2.05) is 0 Å². The van der Waals surface area contributed by atoms with Crippen LogP contribution in [-0.4, -0.2) is 11.5 Å². The van der Waals surface area contributed by atoms with E-state index < -0.39 is 0 Å². The van der Waals surface area contributed by atoms with Crippen LogP contribution in [0, 0.1) is 0 Å². The van der Waals surface area contributed by atoms with Gasteiger partial charge in [0.25, 0.3) is 0 Å². The Kier molecular flexibility index (Phi) is 2.74. The van der Waals surface area contributed by atoms with Crippen molar-refractivity contribution in [1.29, 1.82) is 0 Å². The Labute approximate surface area is 87.0 Å². The zero-order valence-corrected chi connectivity index (χ0v) is 9.23. The summed E-state index contributed by atoms with van der Waals surface area (Å²) in [5.41, 5.74) is 8.57. The van der Waals surface area contributed by atoms with Crippen LogP contribution in [0.25, 0.3) is 0 Å². The lowest BCUT2D eigenvalue weighted by molar-refractivity contribution is 0.528. The molecule has 0 aliphatic heterocycles. The highest BCUT2D eigenvalue weighted by Gasteiger charge is 2.22. The molecule has 1 aromatic heterocycles. The quantitative estimate of drug-likeness (QED) is 0.823. The van der Waals surface area contributed by atoms with Crippen molar-refractivity contribution < 1.29 is 0 Å². The van der Waals surface area contributed by atoms with Gasteiger partial charge in [-0.2, -0.15) is 0 Å². The van der Waals surface area contributed by atoms with E-state index in [0.717, 1.165) is 13.0 Å². The highest BCUT2D eigenvalue weighted by atomic mass is 79.9. The maximum atomic E-state index is 5.60. The molecule has 0 amide bonds. The summed E-state index contributed by atoms with van der Waals surface area (Å²) in [6.07, 6.45) is 7.07. The van der Waals surface area contributed by atoms with Crippen LogP contribution in [0.2, 0.25) is 0 Å². The molecule has 1 heterocycles. The first-order valence-electron chi connectivity index (χ1n) is 4.88. The fraction of sp³-hybridized carbons (Fsp3) is 0.600. The third-order valence-corrected chi connectivity index (χ3v) is 3.61. The predicted molar refractivity (Wildman–Crippen MR) is 57.8 cm³/mol. The Bertz CT molecular complexity index is 293. The van der Waals surface area contributed by atoms with E-state index in [2.05, 4.69) is 27.1 Å². The molecule has 0 aromatic carbocycles. The molecule has 3 N–H and O–H groups in total. The van der Waals surface area contributed by atoms with Crippen LogP contribution in [0.15, 0.2) is 10.8 Å². The zero-order chi connectivity index (χ0) is 9.26. The Balaban J connectivity index is 2.27. The van der Waals surface area contributed by atoms with Crippen LogP contribution in [-0.2, 0) is 6.42 Å². The number of hydrogen-bond acceptors (Lipinski definition) is 1. The summed E-state index contributed by atoms with van der Waals surface area (Å²) >= 11 is 3.54. The summed E-state index contributed by atoms with van der Waals surface area (Å²) in [7, 11) is 0. The Hall–Kier alpha value is -0.280. The van der Waals surface area contributed by atoms with Gasteiger partial charge in [0, 0.05) is 6.20 Å². The minimum atomic E-state index is 0.691. The topological polar surface area (TPSA) is 41.8 Å². The second-order valence-corrected chi connectivity index (χ2v) is 4.50. The van der Waals surface area contributed by atoms with E-state index >= 15 is 0 Å². The number of rotatable bonds is 2. The van der Waals surface area contributed by atoms with Gasteiger partial charge in [-0.1, -0.05) is 0 Å². The number of halogens is 1. The molecular formula is C10H15BrN2. The molecule has 72 valence electrons. The van der Waals surface area contributed by atoms with Crippen LogP contribution in [0.5, 0.6) is 0 Å². The molecule has 0 radical (unpaired) electrons. The van der Waals surface area contributed by atoms with Gasteiger partial charge in [-0.05, 0) is 65.2 Å². The van der Waals surface area contributed by atoms with Crippen LogP contribution < -0.4 is 5.73 Å². The summed E-state index contributed by atoms with van der Waals surface area (Å²) in [6, 6.07) is 0. The molecule has 13 heavy (non-hydrogen) atoms. The molecule has 0 bridgehead atoms. The molecule has 2 rings (SSSR count). The van der Waals surface area contributed by atoms with Crippen LogP contribution in [0.1, 0.15) is 36.3 Å². The minimum Gasteiger partial charge on any atom is -0.356 e. The Morgan fingerprint density at radius 2 is 2.46 bits per heavy atom. The molecule has 0 fully saturated rings. The molecule has 0 spiro atoms. The molecule has 1 aromatic rings. The number of nitrogens with two attached hydrogens (primary N) is 1. The first-order valence-corrected chi connectivity index (χ1v) is 5.68. The van der Waals surface area contributed by atoms with Crippen molar-refractivity contribution in [2.45, 2.75) is 31.6 Å². The number of nitrogens with one attached hydrogen (secondary N) is 1. The maximum Gasteiger partial charge on any atom is 0.0855 e. The van der Waals surface area contributed by atoms with Crippen molar-refractivity contribution in [3.63, 3.8) is 0 Å². The second-order valence-electron chi connectivity index (χ2n) is 3.70. The second kappa shape index (κ2) is 3.84. The first-order chi connectivity index (χ1) is 6.33. The summed E-state index contributed by atoms with van der Waals surface area (Å²) in [5, 5.41) is 0. The smallest absolute Gasteiger partial charge is 0.0855 e. The molecule has 1 aliphatic rings. The Morgan fingerprint density at radius 1 is 1.62 bits per heavy atom. The number of aromatic nitrogens is 1. The fourth-order valence-corrected chi connectivity index (χ4v) is 2.78. The lowest BCUT2D eigenvalue weighted by Crippen LogP contribution is -2.12. The van der Waals surface area contributed by atoms with E-state index in [9.17, 15) is 0 Å². The summed E-state index contributed by atoms with van der Waals surface area (Å²) < 4.78 is 1.17. The van der Waals surface area contributed by atoms with Crippen molar-refractivity contribution in [2.75, 3.05) is 6.54 Å². The summed E-state index contributed by atoms with van der Waals surface area (Å²) in [6.45, 7) is 0.799. The van der Waals surface area contributed by atoms with Crippen LogP contribution >= 0.6 is 15.9 Å². The molecular weight excluding hydrogens is 228 g/mol. The molecule has 2 nitrogen and oxygen atoms in total. The molecule has 0 saturated heterocycles. The fourth-order valence-electron chi connectivity index (χ4n) is 2.24. The number of hydrogen-bond donors (Lipinski definition) is 2. The van der Waals surface area contributed by atoms with E-state index in [0.29, 0.717) is 5.92 Å². The molecule has 1 unspecified atom stereocenters. The standard InChI is InChI=1S/C10H15BrN2/c11-10-8-3-1-2-7(4-5-12)9(8)6-13-10/h6-7,13H,1-5,12H2. The van der Waals surface area contributed by atoms with Gasteiger partial charge in [0.15, 0.2) is 0 Å². The van der Waals surface area contributed by atoms with Gasteiger partial charge in [0.1, 0.15) is 0 Å². The van der Waals surface area contributed by atoms with Crippen molar-refractivity contribution in [3.8, 4) is 0 Å². The maximum absolute atomic E-state index is 5.60. The average Bonchev–Trinajstić information content (AvgIpc) is 2.50. The van der Waals surface area contributed by atoms with Gasteiger partial charge < -0.3 is 10.7 Å². The van der Waals surface area contributed by atoms with Gasteiger partial charge in [0.05, 0.1) is 4.60 Å². The Morgan fingerprint density at radius 3 is 3.23 bits per heavy atom. The summed E-state index contributed by atoms with van der Waals surface area (Å²) in [4.78, 5) is 3.24. The van der Waals surface area contributed by atoms with E-state index in [1.165, 1.54) is 35.0 Å². The van der Waals surface area contributed by atoms with E-state index in [1.54, 1.807) is 0 Å². The van der Waals surface area contributed by atoms with E-state index in [4.69, 9.17) is 5.73 Å². The summed E-state index contributed by atoms with van der Waals surface area (Å²) in [5.74, 6) is 0.691. The highest BCUT2D eigenvalue weighted by molar-refractivity contribution is 9.10. The van der Waals surface area contributed by atoms with Gasteiger partial charge in [-0.15, -0.1) is 0 Å². The van der Waals surface area contributed by atoms with Crippen LogP contribution in [0.3, 0.4) is 0 Å². The van der Waals surface area contributed by atoms with Crippen molar-refractivity contribution >= 4 is 15.9 Å². The number of H-pyrrole nitrogens is 1. The number of aromatic amines is 1. The normalized spacial score (nSPS) is 21.5. The highest BCUT2D eigenvalue weighted by Crippen LogP contribution is 2.36. The van der Waals surface area contributed by atoms with Gasteiger partial charge >= 0.3 is 0 Å². The van der Waals surface area contributed by atoms with Crippen molar-refractivity contribution in [2.24, 2.45) is 5.73 Å². The lowest BCUT2D eigenvalue weighted by Gasteiger charge is -2.21. The molecule has 3 heteroatoms. The minimum absolute atomic E-state index is 0.691. The lowest BCUT2D eigenvalue weighted by atomic mass is 9.84. The van der Waals surface area contributed by atoms with Crippen LogP contribution in [0.4, 0.5) is 0 Å². The monoisotopic (exact) mass is 242 g/mol. The predicted octanol–water partition coefficient (Wildman–Crippen LogP) is 2.55. The van der Waals surface area contributed by atoms with Crippen molar-refractivity contribution in [1.82, 2.24) is 4.98 Å². The van der Waals surface area contributed by atoms with Gasteiger partial charge in [-0.3, -0.25) is 0 Å². The third kappa shape index (κ3) is 1.67. The largest absolute Gasteiger partial charge is 0.356 e. The SMILES string of the molecule is NCCC1CCCc2c1c[nH]c2Br. The molecule has 0 saturated carbocycles. The molecule has 1 aliphatic carbocycles.